The van der Waals surface area contributed by atoms with E-state index in [4.69, 9.17) is 4.74 Å². The lowest BCUT2D eigenvalue weighted by molar-refractivity contribution is 0.109. The SMILES string of the molecule is CCCCCCNCOCCCCC[O]. The van der Waals surface area contributed by atoms with E-state index in [9.17, 15) is 5.11 Å². The first kappa shape index (κ1) is 14.9. The fourth-order valence-electron chi connectivity index (χ4n) is 1.38. The molecule has 0 aliphatic carbocycles. The van der Waals surface area contributed by atoms with E-state index < -0.39 is 0 Å². The third-order valence-corrected chi connectivity index (χ3v) is 2.34. The van der Waals surface area contributed by atoms with Gasteiger partial charge in [0.05, 0.1) is 13.3 Å². The van der Waals surface area contributed by atoms with Gasteiger partial charge in [0.15, 0.2) is 0 Å². The Bertz CT molecular complexity index is 97.8. The van der Waals surface area contributed by atoms with Crippen LogP contribution in [-0.4, -0.2) is 26.5 Å². The minimum atomic E-state index is 0.0513. The van der Waals surface area contributed by atoms with Crippen molar-refractivity contribution in [3.63, 3.8) is 0 Å². The Morgan fingerprint density at radius 3 is 2.53 bits per heavy atom. The number of hydrogen-bond acceptors (Lipinski definition) is 2. The molecule has 0 heterocycles. The van der Waals surface area contributed by atoms with Crippen molar-refractivity contribution in [3.05, 3.63) is 0 Å². The summed E-state index contributed by atoms with van der Waals surface area (Å²) >= 11 is 0. The Kier molecular flexibility index (Phi) is 13.8. The van der Waals surface area contributed by atoms with E-state index in [1.807, 2.05) is 0 Å². The molecule has 0 spiro atoms. The molecule has 15 heavy (non-hydrogen) atoms. The summed E-state index contributed by atoms with van der Waals surface area (Å²) in [6, 6.07) is 0. The van der Waals surface area contributed by atoms with Crippen LogP contribution in [0.3, 0.4) is 0 Å². The maximum Gasteiger partial charge on any atom is 0.0965 e. The van der Waals surface area contributed by atoms with Gasteiger partial charge < -0.3 is 4.74 Å². The fraction of sp³-hybridized carbons (Fsp3) is 1.00. The van der Waals surface area contributed by atoms with E-state index >= 15 is 0 Å². The van der Waals surface area contributed by atoms with E-state index in [-0.39, 0.29) is 6.61 Å². The van der Waals surface area contributed by atoms with Crippen molar-refractivity contribution < 1.29 is 9.84 Å². The fourth-order valence-corrected chi connectivity index (χ4v) is 1.38. The second kappa shape index (κ2) is 13.9. The molecule has 3 nitrogen and oxygen atoms in total. The normalized spacial score (nSPS) is 10.8. The summed E-state index contributed by atoms with van der Waals surface area (Å²) < 4.78 is 5.37. The molecule has 0 aliphatic heterocycles. The van der Waals surface area contributed by atoms with E-state index in [0.717, 1.165) is 32.4 Å². The molecule has 91 valence electrons. The highest BCUT2D eigenvalue weighted by Crippen LogP contribution is 1.97. The molecule has 0 aromatic heterocycles. The van der Waals surface area contributed by atoms with Crippen LogP contribution in [0.15, 0.2) is 0 Å². The topological polar surface area (TPSA) is 41.2 Å². The minimum Gasteiger partial charge on any atom is -0.366 e. The molecule has 0 saturated heterocycles. The lowest BCUT2D eigenvalue weighted by atomic mass is 10.2. The van der Waals surface area contributed by atoms with Crippen molar-refractivity contribution >= 4 is 0 Å². The summed E-state index contributed by atoms with van der Waals surface area (Å²) in [5.74, 6) is 0. The predicted octanol–water partition coefficient (Wildman–Crippen LogP) is 2.73. The Morgan fingerprint density at radius 2 is 1.80 bits per heavy atom. The summed E-state index contributed by atoms with van der Waals surface area (Å²) in [7, 11) is 0. The first-order valence-corrected chi connectivity index (χ1v) is 6.28. The number of hydrogen-bond donors (Lipinski definition) is 1. The standard InChI is InChI=1S/C12H26NO2/c1-2-3-4-6-9-13-12-15-11-8-5-7-10-14/h13H,2-12H2,1H3. The van der Waals surface area contributed by atoms with Gasteiger partial charge in [-0.3, -0.25) is 5.32 Å². The highest BCUT2D eigenvalue weighted by Gasteiger charge is 1.90. The van der Waals surface area contributed by atoms with E-state index in [1.54, 1.807) is 0 Å². The summed E-state index contributed by atoms with van der Waals surface area (Å²) in [5, 5.41) is 13.4. The Labute approximate surface area is 94.2 Å². The van der Waals surface area contributed by atoms with Crippen molar-refractivity contribution in [3.8, 4) is 0 Å². The molecule has 3 heteroatoms. The van der Waals surface area contributed by atoms with Crippen molar-refractivity contribution in [2.24, 2.45) is 0 Å². The molecule has 0 atom stereocenters. The van der Waals surface area contributed by atoms with Gasteiger partial charge in [0.25, 0.3) is 0 Å². The van der Waals surface area contributed by atoms with Gasteiger partial charge in [0.1, 0.15) is 0 Å². The molecule has 0 amide bonds. The molecule has 0 fully saturated rings. The number of ether oxygens (including phenoxy) is 1. The van der Waals surface area contributed by atoms with Gasteiger partial charge in [-0.15, -0.1) is 0 Å². The first-order valence-electron chi connectivity index (χ1n) is 6.28. The molecule has 0 aromatic rings. The van der Waals surface area contributed by atoms with Crippen molar-refractivity contribution in [2.75, 3.05) is 26.5 Å². The van der Waals surface area contributed by atoms with Crippen LogP contribution >= 0.6 is 0 Å². The summed E-state index contributed by atoms with van der Waals surface area (Å²) in [4.78, 5) is 0. The quantitative estimate of drug-likeness (QED) is 0.402. The van der Waals surface area contributed by atoms with Gasteiger partial charge in [0, 0.05) is 6.61 Å². The number of nitrogens with one attached hydrogen (secondary N) is 1. The Morgan fingerprint density at radius 1 is 1.00 bits per heavy atom. The molecule has 0 bridgehead atoms. The van der Waals surface area contributed by atoms with Crippen LogP contribution in [0.4, 0.5) is 0 Å². The summed E-state index contributed by atoms with van der Waals surface area (Å²) in [6.45, 7) is 4.76. The predicted molar refractivity (Wildman–Crippen MR) is 62.4 cm³/mol. The van der Waals surface area contributed by atoms with Gasteiger partial charge in [-0.1, -0.05) is 26.2 Å². The second-order valence-corrected chi connectivity index (χ2v) is 3.88. The minimum absolute atomic E-state index is 0.0513. The van der Waals surface area contributed by atoms with Crippen molar-refractivity contribution in [1.29, 1.82) is 0 Å². The molecule has 1 radical (unpaired) electrons. The molecular formula is C12H26NO2. The molecule has 1 N–H and O–H groups in total. The lowest BCUT2D eigenvalue weighted by Crippen LogP contribution is -2.19. The van der Waals surface area contributed by atoms with Gasteiger partial charge >= 0.3 is 0 Å². The van der Waals surface area contributed by atoms with Gasteiger partial charge in [-0.25, -0.2) is 5.11 Å². The molecule has 0 aliphatic rings. The van der Waals surface area contributed by atoms with Crippen LogP contribution in [0.5, 0.6) is 0 Å². The molecule has 0 aromatic carbocycles. The third kappa shape index (κ3) is 13.9. The lowest BCUT2D eigenvalue weighted by Gasteiger charge is -2.05. The maximum absolute atomic E-state index is 10.1. The van der Waals surface area contributed by atoms with Crippen LogP contribution in [0.2, 0.25) is 0 Å². The largest absolute Gasteiger partial charge is 0.366 e. The number of unbranched alkanes of at least 4 members (excludes halogenated alkanes) is 5. The first-order chi connectivity index (χ1) is 7.41. The maximum atomic E-state index is 10.1. The Balaban J connectivity index is 2.81. The van der Waals surface area contributed by atoms with Crippen LogP contribution in [0.1, 0.15) is 51.9 Å². The number of rotatable bonds is 12. The zero-order chi connectivity index (χ0) is 11.2. The highest BCUT2D eigenvalue weighted by molar-refractivity contribution is 4.44. The van der Waals surface area contributed by atoms with Crippen LogP contribution in [0, 0.1) is 0 Å². The average molecular weight is 216 g/mol. The summed E-state index contributed by atoms with van der Waals surface area (Å²) in [6.07, 6.45) is 7.97. The molecular weight excluding hydrogens is 190 g/mol. The zero-order valence-corrected chi connectivity index (χ0v) is 10.1. The van der Waals surface area contributed by atoms with E-state index in [1.165, 1.54) is 25.7 Å². The van der Waals surface area contributed by atoms with Crippen LogP contribution in [-0.2, 0) is 9.84 Å². The summed E-state index contributed by atoms with van der Waals surface area (Å²) in [5.41, 5.74) is 0. The zero-order valence-electron chi connectivity index (χ0n) is 10.1. The van der Waals surface area contributed by atoms with Crippen LogP contribution < -0.4 is 5.32 Å². The third-order valence-electron chi connectivity index (χ3n) is 2.34. The molecule has 0 rings (SSSR count). The van der Waals surface area contributed by atoms with Gasteiger partial charge in [-0.05, 0) is 32.2 Å². The van der Waals surface area contributed by atoms with E-state index in [0.29, 0.717) is 6.73 Å². The van der Waals surface area contributed by atoms with E-state index in [2.05, 4.69) is 12.2 Å². The molecule has 0 saturated carbocycles. The average Bonchev–Trinajstić information content (AvgIpc) is 2.26. The van der Waals surface area contributed by atoms with Crippen LogP contribution in [0.25, 0.3) is 0 Å². The highest BCUT2D eigenvalue weighted by atomic mass is 16.5. The second-order valence-electron chi connectivity index (χ2n) is 3.88. The van der Waals surface area contributed by atoms with Crippen molar-refractivity contribution in [2.45, 2.75) is 51.9 Å². The van der Waals surface area contributed by atoms with Gasteiger partial charge in [-0.2, -0.15) is 0 Å². The monoisotopic (exact) mass is 216 g/mol. The van der Waals surface area contributed by atoms with Gasteiger partial charge in [0.2, 0.25) is 0 Å². The Hall–Kier alpha value is -0.120. The van der Waals surface area contributed by atoms with Crippen molar-refractivity contribution in [1.82, 2.24) is 5.32 Å². The molecule has 0 unspecified atom stereocenters. The smallest absolute Gasteiger partial charge is 0.0965 e.